The molecule has 2 heterocycles. The molecule has 1 aliphatic heterocycles. The summed E-state index contributed by atoms with van der Waals surface area (Å²) in [6, 6.07) is 0.976. The second kappa shape index (κ2) is 3.75. The standard InChI is InChI=1S/C8H10FN3O2/c9-5-3-14-4-7(5)11-8(13)6-1-2-10-12-6/h1-2,5,7H,3-4H2,(H,10,12)(H,11,13)/t5-,7-/m1/s1. The van der Waals surface area contributed by atoms with Crippen LogP contribution in [0.1, 0.15) is 10.5 Å². The number of halogens is 1. The van der Waals surface area contributed by atoms with Gasteiger partial charge in [0.15, 0.2) is 0 Å². The number of aromatic nitrogens is 2. The lowest BCUT2D eigenvalue weighted by molar-refractivity contribution is 0.0915. The van der Waals surface area contributed by atoms with Gasteiger partial charge in [0, 0.05) is 6.20 Å². The van der Waals surface area contributed by atoms with Crippen molar-refractivity contribution >= 4 is 5.91 Å². The van der Waals surface area contributed by atoms with E-state index in [0.717, 1.165) is 0 Å². The fourth-order valence-electron chi connectivity index (χ4n) is 1.29. The summed E-state index contributed by atoms with van der Waals surface area (Å²) in [7, 11) is 0. The average Bonchev–Trinajstić information content (AvgIpc) is 2.77. The van der Waals surface area contributed by atoms with Gasteiger partial charge in [-0.15, -0.1) is 0 Å². The smallest absolute Gasteiger partial charge is 0.269 e. The Hall–Kier alpha value is -1.43. The van der Waals surface area contributed by atoms with Gasteiger partial charge in [0.2, 0.25) is 0 Å². The van der Waals surface area contributed by atoms with Gasteiger partial charge in [-0.1, -0.05) is 0 Å². The van der Waals surface area contributed by atoms with E-state index in [1.54, 1.807) is 0 Å². The van der Waals surface area contributed by atoms with Crippen LogP contribution >= 0.6 is 0 Å². The number of alkyl halides is 1. The Morgan fingerprint density at radius 2 is 2.57 bits per heavy atom. The van der Waals surface area contributed by atoms with Gasteiger partial charge in [0.05, 0.1) is 19.3 Å². The van der Waals surface area contributed by atoms with E-state index in [0.29, 0.717) is 5.69 Å². The molecule has 2 N–H and O–H groups in total. The molecule has 1 aliphatic rings. The minimum Gasteiger partial charge on any atom is -0.376 e. The summed E-state index contributed by atoms with van der Waals surface area (Å²) >= 11 is 0. The van der Waals surface area contributed by atoms with Crippen molar-refractivity contribution in [3.05, 3.63) is 18.0 Å². The van der Waals surface area contributed by atoms with Crippen molar-refractivity contribution < 1.29 is 13.9 Å². The number of amides is 1. The van der Waals surface area contributed by atoms with Crippen LogP contribution in [0.15, 0.2) is 12.3 Å². The molecule has 0 bridgehead atoms. The lowest BCUT2D eigenvalue weighted by Crippen LogP contribution is -2.41. The zero-order chi connectivity index (χ0) is 9.97. The summed E-state index contributed by atoms with van der Waals surface area (Å²) in [5.41, 5.74) is 0.323. The third kappa shape index (κ3) is 1.74. The molecule has 1 aromatic heterocycles. The lowest BCUT2D eigenvalue weighted by Gasteiger charge is -2.11. The number of hydrogen-bond acceptors (Lipinski definition) is 3. The maximum absolute atomic E-state index is 13.0. The SMILES string of the molecule is O=C(N[C@@H]1COC[C@H]1F)c1ccn[nH]1. The van der Waals surface area contributed by atoms with Crippen LogP contribution in [0.2, 0.25) is 0 Å². The van der Waals surface area contributed by atoms with E-state index in [1.807, 2.05) is 0 Å². The van der Waals surface area contributed by atoms with E-state index in [2.05, 4.69) is 15.5 Å². The maximum atomic E-state index is 13.0. The minimum atomic E-state index is -1.12. The number of hydrogen-bond donors (Lipinski definition) is 2. The predicted molar refractivity (Wildman–Crippen MR) is 45.6 cm³/mol. The van der Waals surface area contributed by atoms with E-state index < -0.39 is 12.2 Å². The Labute approximate surface area is 79.6 Å². The molecule has 76 valence electrons. The van der Waals surface area contributed by atoms with E-state index in [-0.39, 0.29) is 19.1 Å². The van der Waals surface area contributed by atoms with E-state index in [9.17, 15) is 9.18 Å². The zero-order valence-corrected chi connectivity index (χ0v) is 7.37. The number of ether oxygens (including phenoxy) is 1. The molecule has 0 radical (unpaired) electrons. The van der Waals surface area contributed by atoms with Crippen LogP contribution in [-0.4, -0.2) is 41.5 Å². The molecule has 1 fully saturated rings. The van der Waals surface area contributed by atoms with Gasteiger partial charge < -0.3 is 10.1 Å². The summed E-state index contributed by atoms with van der Waals surface area (Å²) in [5, 5.41) is 8.65. The molecule has 0 saturated carbocycles. The zero-order valence-electron chi connectivity index (χ0n) is 7.37. The molecule has 0 spiro atoms. The largest absolute Gasteiger partial charge is 0.376 e. The topological polar surface area (TPSA) is 67.0 Å². The first-order valence-electron chi connectivity index (χ1n) is 4.29. The summed E-state index contributed by atoms with van der Waals surface area (Å²) in [6.45, 7) is 0.273. The molecule has 14 heavy (non-hydrogen) atoms. The molecule has 0 unspecified atom stereocenters. The molecular weight excluding hydrogens is 189 g/mol. The van der Waals surface area contributed by atoms with E-state index in [1.165, 1.54) is 12.3 Å². The summed E-state index contributed by atoms with van der Waals surface area (Å²) in [4.78, 5) is 11.4. The first-order valence-corrected chi connectivity index (χ1v) is 4.29. The van der Waals surface area contributed by atoms with Crippen LogP contribution in [-0.2, 0) is 4.74 Å². The number of nitrogens with one attached hydrogen (secondary N) is 2. The van der Waals surface area contributed by atoms with Gasteiger partial charge in [-0.2, -0.15) is 5.10 Å². The molecule has 1 aromatic rings. The van der Waals surface area contributed by atoms with Crippen LogP contribution in [0.25, 0.3) is 0 Å². The average molecular weight is 199 g/mol. The normalized spacial score (nSPS) is 26.4. The summed E-state index contributed by atoms with van der Waals surface area (Å²) < 4.78 is 17.9. The van der Waals surface area contributed by atoms with E-state index in [4.69, 9.17) is 4.74 Å². The molecule has 1 amide bonds. The van der Waals surface area contributed by atoms with Crippen molar-refractivity contribution in [2.75, 3.05) is 13.2 Å². The lowest BCUT2D eigenvalue weighted by atomic mass is 10.2. The Balaban J connectivity index is 1.95. The number of aromatic amines is 1. The highest BCUT2D eigenvalue weighted by Gasteiger charge is 2.29. The molecule has 6 heteroatoms. The molecule has 0 aromatic carbocycles. The van der Waals surface area contributed by atoms with Crippen LogP contribution in [0, 0.1) is 0 Å². The van der Waals surface area contributed by atoms with Crippen molar-refractivity contribution in [1.82, 2.24) is 15.5 Å². The Morgan fingerprint density at radius 1 is 1.71 bits per heavy atom. The summed E-state index contributed by atoms with van der Waals surface area (Å²) in [5.74, 6) is -0.361. The molecule has 1 saturated heterocycles. The van der Waals surface area contributed by atoms with Gasteiger partial charge in [-0.25, -0.2) is 4.39 Å². The molecular formula is C8H10FN3O2. The number of carbonyl (C=O) groups excluding carboxylic acids is 1. The summed E-state index contributed by atoms with van der Waals surface area (Å²) in [6.07, 6.45) is 0.342. The van der Waals surface area contributed by atoms with Gasteiger partial charge >= 0.3 is 0 Å². The molecule has 2 rings (SSSR count). The fourth-order valence-corrected chi connectivity index (χ4v) is 1.29. The van der Waals surface area contributed by atoms with Crippen LogP contribution in [0.4, 0.5) is 4.39 Å². The number of rotatable bonds is 2. The van der Waals surface area contributed by atoms with Crippen LogP contribution in [0.5, 0.6) is 0 Å². The van der Waals surface area contributed by atoms with Crippen LogP contribution in [0.3, 0.4) is 0 Å². The highest BCUT2D eigenvalue weighted by molar-refractivity contribution is 5.92. The quantitative estimate of drug-likeness (QED) is 0.697. The number of carbonyl (C=O) groups is 1. The van der Waals surface area contributed by atoms with Crippen molar-refractivity contribution in [1.29, 1.82) is 0 Å². The van der Waals surface area contributed by atoms with Gasteiger partial charge in [-0.3, -0.25) is 9.89 Å². The van der Waals surface area contributed by atoms with Gasteiger partial charge in [0.25, 0.3) is 5.91 Å². The number of H-pyrrole nitrogens is 1. The first kappa shape index (κ1) is 9.14. The molecule has 5 nitrogen and oxygen atoms in total. The Morgan fingerprint density at radius 3 is 3.14 bits per heavy atom. The third-order valence-corrected chi connectivity index (χ3v) is 2.07. The van der Waals surface area contributed by atoms with Crippen molar-refractivity contribution in [3.8, 4) is 0 Å². The number of nitrogens with zero attached hydrogens (tertiary/aromatic N) is 1. The van der Waals surface area contributed by atoms with Crippen LogP contribution < -0.4 is 5.32 Å². The third-order valence-electron chi connectivity index (χ3n) is 2.07. The molecule has 0 aliphatic carbocycles. The van der Waals surface area contributed by atoms with Gasteiger partial charge in [-0.05, 0) is 6.07 Å². The second-order valence-electron chi connectivity index (χ2n) is 3.10. The van der Waals surface area contributed by atoms with Gasteiger partial charge in [0.1, 0.15) is 11.9 Å². The van der Waals surface area contributed by atoms with Crippen molar-refractivity contribution in [2.45, 2.75) is 12.2 Å². The second-order valence-corrected chi connectivity index (χ2v) is 3.10. The van der Waals surface area contributed by atoms with E-state index >= 15 is 0 Å². The Bertz CT molecular complexity index is 314. The highest BCUT2D eigenvalue weighted by Crippen LogP contribution is 2.09. The highest BCUT2D eigenvalue weighted by atomic mass is 19.1. The van der Waals surface area contributed by atoms with Crippen molar-refractivity contribution in [2.24, 2.45) is 0 Å². The maximum Gasteiger partial charge on any atom is 0.269 e. The fraction of sp³-hybridized carbons (Fsp3) is 0.500. The predicted octanol–water partition coefficient (Wildman–Crippen LogP) is -0.124. The molecule has 2 atom stereocenters. The Kier molecular flexibility index (Phi) is 2.45. The minimum absolute atomic E-state index is 0.0495. The van der Waals surface area contributed by atoms with Crippen molar-refractivity contribution in [3.63, 3.8) is 0 Å². The monoisotopic (exact) mass is 199 g/mol. The first-order chi connectivity index (χ1) is 6.77.